The number of ether oxygens (including phenoxy) is 3. The summed E-state index contributed by atoms with van der Waals surface area (Å²) in [5, 5.41) is 5.14. The Morgan fingerprint density at radius 2 is 1.32 bits per heavy atom. The van der Waals surface area contributed by atoms with Gasteiger partial charge in [-0.3, -0.25) is 9.88 Å². The molecule has 1 aliphatic rings. The van der Waals surface area contributed by atoms with Crippen LogP contribution in [0.2, 0.25) is 0 Å². The van der Waals surface area contributed by atoms with Crippen LogP contribution in [0.4, 0.5) is 25.8 Å². The Labute approximate surface area is 291 Å². The first-order valence-electron chi connectivity index (χ1n) is 16.3. The maximum absolute atomic E-state index is 14.4. The van der Waals surface area contributed by atoms with E-state index in [1.165, 1.54) is 11.0 Å². The molecule has 0 aliphatic carbocycles. The number of amides is 2. The predicted octanol–water partition coefficient (Wildman–Crippen LogP) is 8.10. The Balaban J connectivity index is 1.91. The van der Waals surface area contributed by atoms with Crippen LogP contribution in [0.25, 0.3) is 22.2 Å². The van der Waals surface area contributed by atoms with Crippen molar-refractivity contribution in [1.29, 1.82) is 0 Å². The van der Waals surface area contributed by atoms with Gasteiger partial charge < -0.3 is 14.2 Å². The summed E-state index contributed by atoms with van der Waals surface area (Å²) in [6.07, 6.45) is 0.882. The number of hydrogen-bond acceptors (Lipinski definition) is 9. The molecule has 12 nitrogen and oxygen atoms in total. The van der Waals surface area contributed by atoms with Crippen LogP contribution in [0.15, 0.2) is 72.7 Å². The molecule has 2 aromatic heterocycles. The van der Waals surface area contributed by atoms with Crippen LogP contribution in [0.1, 0.15) is 74.8 Å². The number of carbonyl (C=O) groups is 3. The third-order valence-corrected chi connectivity index (χ3v) is 7.65. The molecular formula is C38H43N5O7. The highest BCUT2D eigenvalue weighted by molar-refractivity contribution is 6.12. The lowest BCUT2D eigenvalue weighted by Crippen LogP contribution is -2.61. The average Bonchev–Trinajstić information content (AvgIpc) is 3.36. The molecule has 0 radical (unpaired) electrons. The molecule has 5 rings (SSSR count). The fourth-order valence-electron chi connectivity index (χ4n) is 5.81. The van der Waals surface area contributed by atoms with Gasteiger partial charge in [-0.15, -0.1) is 0 Å². The van der Waals surface area contributed by atoms with Crippen molar-refractivity contribution < 1.29 is 33.4 Å². The summed E-state index contributed by atoms with van der Waals surface area (Å²) >= 11 is 0. The second kappa shape index (κ2) is 12.8. The standard InChI is InChI=1S/C38H43N5O7/c1-35(2,3)48-32(45)41-28-21-27-26(31(25-16-18-39-19-17-25)40-43(27)34(47)50-37(7,8)9)20-29(28)42(33(46)49-36(4,5)6)38(10,30(41)23-44)22-24-14-12-11-13-15-24/h11-21H,22H2,1-10H3. The van der Waals surface area contributed by atoms with Crippen LogP contribution in [0.5, 0.6) is 0 Å². The first-order valence-corrected chi connectivity index (χ1v) is 16.3. The van der Waals surface area contributed by atoms with Gasteiger partial charge in [0, 0.05) is 29.8 Å². The van der Waals surface area contributed by atoms with Crippen molar-refractivity contribution in [3.63, 3.8) is 0 Å². The van der Waals surface area contributed by atoms with E-state index in [0.29, 0.717) is 16.6 Å². The number of aromatic nitrogens is 3. The van der Waals surface area contributed by atoms with Crippen LogP contribution in [-0.2, 0) is 25.4 Å². The second-order valence-corrected chi connectivity index (χ2v) is 15.4. The van der Waals surface area contributed by atoms with Crippen molar-refractivity contribution in [2.45, 2.75) is 98.0 Å². The largest absolute Gasteiger partial charge is 0.443 e. The summed E-state index contributed by atoms with van der Waals surface area (Å²) in [5.74, 6) is 1.99. The van der Waals surface area contributed by atoms with Crippen LogP contribution in [0.3, 0.4) is 0 Å². The minimum Gasteiger partial charge on any atom is -0.443 e. The number of fused-ring (bicyclic) bond motifs is 2. The van der Waals surface area contributed by atoms with E-state index in [1.54, 1.807) is 99.8 Å². The summed E-state index contributed by atoms with van der Waals surface area (Å²) in [7, 11) is 0. The van der Waals surface area contributed by atoms with E-state index in [4.69, 9.17) is 14.2 Å². The highest BCUT2D eigenvalue weighted by Crippen LogP contribution is 2.49. The van der Waals surface area contributed by atoms with Gasteiger partial charge in [0.05, 0.1) is 16.9 Å². The zero-order valence-electron chi connectivity index (χ0n) is 30.2. The Kier molecular flexibility index (Phi) is 9.14. The van der Waals surface area contributed by atoms with Crippen molar-refractivity contribution >= 4 is 46.5 Å². The van der Waals surface area contributed by atoms with E-state index in [-0.39, 0.29) is 29.0 Å². The molecule has 0 spiro atoms. The first-order chi connectivity index (χ1) is 23.2. The van der Waals surface area contributed by atoms with E-state index >= 15 is 0 Å². The fraction of sp³-hybridized carbons (Fsp3) is 0.395. The summed E-state index contributed by atoms with van der Waals surface area (Å²) in [6, 6.07) is 16.0. The number of rotatable bonds is 3. The molecule has 50 heavy (non-hydrogen) atoms. The van der Waals surface area contributed by atoms with Gasteiger partial charge in [-0.2, -0.15) is 9.78 Å². The Bertz CT molecular complexity index is 2000. The summed E-state index contributed by atoms with van der Waals surface area (Å²) < 4.78 is 18.6. The minimum absolute atomic E-state index is 0.0764. The van der Waals surface area contributed by atoms with E-state index in [9.17, 15) is 19.2 Å². The lowest BCUT2D eigenvalue weighted by Gasteiger charge is -2.49. The number of pyridine rings is 1. The third kappa shape index (κ3) is 7.25. The van der Waals surface area contributed by atoms with Gasteiger partial charge in [-0.1, -0.05) is 30.3 Å². The number of benzene rings is 2. The van der Waals surface area contributed by atoms with Crippen molar-refractivity contribution in [2.24, 2.45) is 0 Å². The van der Waals surface area contributed by atoms with Crippen LogP contribution < -0.4 is 9.80 Å². The number of nitrogens with zero attached hydrogens (tertiary/aromatic N) is 5. The van der Waals surface area contributed by atoms with Crippen molar-refractivity contribution in [3.8, 4) is 11.3 Å². The van der Waals surface area contributed by atoms with Crippen LogP contribution >= 0.6 is 0 Å². The van der Waals surface area contributed by atoms with Crippen LogP contribution in [-0.4, -0.2) is 61.3 Å². The van der Waals surface area contributed by atoms with Gasteiger partial charge in [-0.05, 0) is 99.1 Å². The molecular weight excluding hydrogens is 638 g/mol. The highest BCUT2D eigenvalue weighted by Gasteiger charge is 2.53. The van der Waals surface area contributed by atoms with E-state index in [1.807, 2.05) is 36.3 Å². The molecule has 0 saturated carbocycles. The lowest BCUT2D eigenvalue weighted by atomic mass is 9.84. The molecule has 3 heterocycles. The maximum Gasteiger partial charge on any atom is 0.435 e. The molecule has 1 atom stereocenters. The SMILES string of the molecule is CC(C)(C)OC(=O)N1C(=C=O)C(C)(Cc2ccccc2)N(C(=O)OC(C)(C)C)c2cc3c(-c4ccncc4)nn(C(=O)OC(C)(C)C)c3cc21. The Morgan fingerprint density at radius 1 is 0.760 bits per heavy atom. The van der Waals surface area contributed by atoms with E-state index in [2.05, 4.69) is 10.1 Å². The van der Waals surface area contributed by atoms with Crippen molar-refractivity contribution in [2.75, 3.05) is 9.80 Å². The predicted molar refractivity (Wildman–Crippen MR) is 190 cm³/mol. The highest BCUT2D eigenvalue weighted by atomic mass is 16.6. The molecule has 4 aromatic rings. The van der Waals surface area contributed by atoms with Crippen LogP contribution in [0, 0.1) is 0 Å². The molecule has 0 saturated heterocycles. The van der Waals surface area contributed by atoms with Gasteiger partial charge >= 0.3 is 18.3 Å². The molecule has 2 aromatic carbocycles. The molecule has 1 unspecified atom stereocenters. The monoisotopic (exact) mass is 681 g/mol. The molecule has 0 bridgehead atoms. The quantitative estimate of drug-likeness (QED) is 0.155. The fourth-order valence-corrected chi connectivity index (χ4v) is 5.81. The third-order valence-electron chi connectivity index (χ3n) is 7.65. The summed E-state index contributed by atoms with van der Waals surface area (Å²) in [5.41, 5.74) is -2.11. The lowest BCUT2D eigenvalue weighted by molar-refractivity contribution is 0.0515. The topological polar surface area (TPSA) is 133 Å². The number of anilines is 2. The molecule has 2 amide bonds. The van der Waals surface area contributed by atoms with E-state index in [0.717, 1.165) is 15.1 Å². The molecule has 262 valence electrons. The summed E-state index contributed by atoms with van der Waals surface area (Å²) in [6.45, 7) is 17.2. The molecule has 0 fully saturated rings. The molecule has 0 N–H and O–H groups in total. The normalized spacial score (nSPS) is 16.5. The molecule has 12 heteroatoms. The Morgan fingerprint density at radius 3 is 1.88 bits per heavy atom. The van der Waals surface area contributed by atoms with Gasteiger partial charge in [-0.25, -0.2) is 24.1 Å². The second-order valence-electron chi connectivity index (χ2n) is 15.4. The van der Waals surface area contributed by atoms with Gasteiger partial charge in [0.25, 0.3) is 0 Å². The Hall–Kier alpha value is -5.48. The minimum atomic E-state index is -1.53. The molecule has 1 aliphatic heterocycles. The maximum atomic E-state index is 14.4. The van der Waals surface area contributed by atoms with Crippen molar-refractivity contribution in [1.82, 2.24) is 14.8 Å². The summed E-state index contributed by atoms with van der Waals surface area (Å²) in [4.78, 5) is 62.1. The van der Waals surface area contributed by atoms with Gasteiger partial charge in [0.1, 0.15) is 39.7 Å². The van der Waals surface area contributed by atoms with Crippen molar-refractivity contribution in [3.05, 3.63) is 78.3 Å². The van der Waals surface area contributed by atoms with Gasteiger partial charge in [0.15, 0.2) is 0 Å². The number of hydrogen-bond donors (Lipinski definition) is 0. The van der Waals surface area contributed by atoms with Gasteiger partial charge in [0.2, 0.25) is 0 Å². The average molecular weight is 682 g/mol. The number of carbonyl (C=O) groups excluding carboxylic acids is 4. The van der Waals surface area contributed by atoms with E-state index < -0.39 is 40.6 Å². The smallest absolute Gasteiger partial charge is 0.435 e. The zero-order chi connectivity index (χ0) is 36.8. The first kappa shape index (κ1) is 35.8. The zero-order valence-corrected chi connectivity index (χ0v) is 30.2.